The first-order valence-electron chi connectivity index (χ1n) is 5.30. The number of hydrogen-bond acceptors (Lipinski definition) is 5. The highest BCUT2D eigenvalue weighted by Crippen LogP contribution is 2.59. The standard InChI is InChI=1S/C11H12N3O2/c1-16-10(15)9-11(4-7(11)5-13-9)8-2-3-12-6-14-8/h2-3,7,9,13H,4-5H2,1H3. The number of nitrogens with one attached hydrogen (secondary N) is 1. The summed E-state index contributed by atoms with van der Waals surface area (Å²) in [5.74, 6) is 0.276. The SMILES string of the molecule is COC(=O)C1NCC2CC21c1ccn[c]n1. The predicted octanol–water partition coefficient (Wildman–Crippen LogP) is -0.321. The molecule has 3 unspecified atom stereocenters. The van der Waals surface area contributed by atoms with Gasteiger partial charge in [0.25, 0.3) is 0 Å². The second-order valence-electron chi connectivity index (χ2n) is 4.35. The Bertz CT molecular complexity index is 422. The molecule has 16 heavy (non-hydrogen) atoms. The molecule has 1 saturated heterocycles. The highest BCUT2D eigenvalue weighted by molar-refractivity contribution is 5.80. The third-order valence-electron chi connectivity index (χ3n) is 3.68. The Morgan fingerprint density at radius 3 is 3.25 bits per heavy atom. The molecule has 1 aliphatic heterocycles. The van der Waals surface area contributed by atoms with Gasteiger partial charge in [-0.25, -0.2) is 9.97 Å². The van der Waals surface area contributed by atoms with Gasteiger partial charge in [0.1, 0.15) is 6.04 Å². The van der Waals surface area contributed by atoms with Gasteiger partial charge in [0, 0.05) is 11.6 Å². The molecule has 1 N–H and O–H groups in total. The van der Waals surface area contributed by atoms with E-state index in [4.69, 9.17) is 4.74 Å². The van der Waals surface area contributed by atoms with Crippen molar-refractivity contribution in [1.29, 1.82) is 0 Å². The summed E-state index contributed by atoms with van der Waals surface area (Å²) >= 11 is 0. The fourth-order valence-corrected chi connectivity index (χ4v) is 2.79. The Labute approximate surface area is 93.2 Å². The molecule has 2 aliphatic rings. The van der Waals surface area contributed by atoms with Gasteiger partial charge in [0.2, 0.25) is 0 Å². The van der Waals surface area contributed by atoms with Gasteiger partial charge < -0.3 is 10.1 Å². The summed E-state index contributed by atoms with van der Waals surface area (Å²) in [6.07, 6.45) is 5.24. The van der Waals surface area contributed by atoms with Crippen molar-refractivity contribution >= 4 is 5.97 Å². The number of aromatic nitrogens is 2. The predicted molar refractivity (Wildman–Crippen MR) is 54.5 cm³/mol. The van der Waals surface area contributed by atoms with Crippen molar-refractivity contribution < 1.29 is 9.53 Å². The molecule has 1 aromatic heterocycles. The van der Waals surface area contributed by atoms with Gasteiger partial charge in [-0.1, -0.05) is 0 Å². The van der Waals surface area contributed by atoms with Crippen molar-refractivity contribution in [3.8, 4) is 0 Å². The monoisotopic (exact) mass is 218 g/mol. The second-order valence-corrected chi connectivity index (χ2v) is 4.35. The number of carbonyl (C=O) groups is 1. The number of ether oxygens (including phenoxy) is 1. The van der Waals surface area contributed by atoms with Crippen molar-refractivity contribution in [3.63, 3.8) is 0 Å². The zero-order valence-electron chi connectivity index (χ0n) is 8.93. The third-order valence-corrected chi connectivity index (χ3v) is 3.68. The average Bonchev–Trinajstić information content (AvgIpc) is 2.97. The number of methoxy groups -OCH3 is 1. The summed E-state index contributed by atoms with van der Waals surface area (Å²) in [7, 11) is 1.42. The summed E-state index contributed by atoms with van der Waals surface area (Å²) in [5, 5.41) is 3.20. The molecular formula is C11H12N3O2. The summed E-state index contributed by atoms with van der Waals surface area (Å²) in [6, 6.07) is 1.59. The maximum Gasteiger partial charge on any atom is 0.323 e. The molecule has 0 amide bonds. The van der Waals surface area contributed by atoms with Crippen molar-refractivity contribution in [2.45, 2.75) is 17.9 Å². The molecule has 5 nitrogen and oxygen atoms in total. The Balaban J connectivity index is 1.97. The first-order valence-corrected chi connectivity index (χ1v) is 5.30. The van der Waals surface area contributed by atoms with E-state index in [1.807, 2.05) is 6.07 Å². The average molecular weight is 218 g/mol. The van der Waals surface area contributed by atoms with Gasteiger partial charge in [0.05, 0.1) is 12.8 Å². The van der Waals surface area contributed by atoms with Crippen molar-refractivity contribution in [2.75, 3.05) is 13.7 Å². The lowest BCUT2D eigenvalue weighted by molar-refractivity contribution is -0.143. The van der Waals surface area contributed by atoms with Crippen molar-refractivity contribution in [3.05, 3.63) is 24.3 Å². The van der Waals surface area contributed by atoms with Crippen LogP contribution in [0.25, 0.3) is 0 Å². The van der Waals surface area contributed by atoms with Crippen LogP contribution in [0.4, 0.5) is 0 Å². The van der Waals surface area contributed by atoms with E-state index in [9.17, 15) is 4.79 Å². The topological polar surface area (TPSA) is 64.1 Å². The zero-order chi connectivity index (χ0) is 11.2. The normalized spacial score (nSPS) is 35.6. The molecule has 83 valence electrons. The highest BCUT2D eigenvalue weighted by Gasteiger charge is 2.67. The molecule has 1 aromatic rings. The van der Waals surface area contributed by atoms with E-state index in [2.05, 4.69) is 21.6 Å². The molecular weight excluding hydrogens is 206 g/mol. The van der Waals surface area contributed by atoms with Crippen LogP contribution in [0.1, 0.15) is 12.1 Å². The number of piperidine rings is 1. The van der Waals surface area contributed by atoms with Crippen molar-refractivity contribution in [2.24, 2.45) is 5.92 Å². The molecule has 1 radical (unpaired) electrons. The lowest BCUT2D eigenvalue weighted by Crippen LogP contribution is -2.42. The summed E-state index contributed by atoms with van der Waals surface area (Å²) in [5.41, 5.74) is 0.722. The van der Waals surface area contributed by atoms with E-state index in [-0.39, 0.29) is 17.4 Å². The highest BCUT2D eigenvalue weighted by atomic mass is 16.5. The van der Waals surface area contributed by atoms with E-state index in [1.165, 1.54) is 7.11 Å². The number of hydrogen-bond donors (Lipinski definition) is 1. The largest absolute Gasteiger partial charge is 0.468 e. The van der Waals surface area contributed by atoms with E-state index < -0.39 is 0 Å². The van der Waals surface area contributed by atoms with Crippen LogP contribution in [0.3, 0.4) is 0 Å². The number of rotatable bonds is 2. The molecule has 5 heteroatoms. The quantitative estimate of drug-likeness (QED) is 0.689. The van der Waals surface area contributed by atoms with Crippen LogP contribution in [0.15, 0.2) is 12.3 Å². The lowest BCUT2D eigenvalue weighted by atomic mass is 9.92. The van der Waals surface area contributed by atoms with Crippen LogP contribution in [0.5, 0.6) is 0 Å². The Morgan fingerprint density at radius 2 is 2.62 bits per heavy atom. The minimum atomic E-state index is -0.272. The second kappa shape index (κ2) is 3.25. The molecule has 2 fully saturated rings. The summed E-state index contributed by atoms with van der Waals surface area (Å²) in [6.45, 7) is 0.851. The van der Waals surface area contributed by atoms with Gasteiger partial charge in [-0.05, 0) is 24.9 Å². The van der Waals surface area contributed by atoms with Crippen LogP contribution in [-0.4, -0.2) is 35.6 Å². The molecule has 2 heterocycles. The van der Waals surface area contributed by atoms with E-state index in [0.717, 1.165) is 18.7 Å². The molecule has 3 rings (SSSR count). The lowest BCUT2D eigenvalue weighted by Gasteiger charge is -2.20. The number of carbonyl (C=O) groups excluding carboxylic acids is 1. The molecule has 0 aromatic carbocycles. The van der Waals surface area contributed by atoms with Gasteiger partial charge in [-0.3, -0.25) is 4.79 Å². The Hall–Kier alpha value is -1.49. The molecule has 3 atom stereocenters. The third kappa shape index (κ3) is 1.12. The number of fused-ring (bicyclic) bond motifs is 1. The van der Waals surface area contributed by atoms with Crippen LogP contribution in [0.2, 0.25) is 0 Å². The minimum Gasteiger partial charge on any atom is -0.468 e. The first-order chi connectivity index (χ1) is 7.79. The van der Waals surface area contributed by atoms with Gasteiger partial charge in [-0.2, -0.15) is 0 Å². The van der Waals surface area contributed by atoms with Crippen LogP contribution >= 0.6 is 0 Å². The fraction of sp³-hybridized carbons (Fsp3) is 0.545. The van der Waals surface area contributed by atoms with Gasteiger partial charge in [0.15, 0.2) is 6.33 Å². The van der Waals surface area contributed by atoms with Gasteiger partial charge >= 0.3 is 5.97 Å². The molecule has 0 spiro atoms. The van der Waals surface area contributed by atoms with E-state index in [1.54, 1.807) is 6.20 Å². The number of nitrogens with zero attached hydrogens (tertiary/aromatic N) is 2. The Kier molecular flexibility index (Phi) is 1.97. The summed E-state index contributed by atoms with van der Waals surface area (Å²) in [4.78, 5) is 19.6. The maximum absolute atomic E-state index is 11.7. The van der Waals surface area contributed by atoms with Crippen LogP contribution < -0.4 is 5.32 Å². The Morgan fingerprint density at radius 1 is 1.75 bits per heavy atom. The van der Waals surface area contributed by atoms with E-state index >= 15 is 0 Å². The van der Waals surface area contributed by atoms with Crippen LogP contribution in [0, 0.1) is 12.2 Å². The minimum absolute atomic E-state index is 0.174. The van der Waals surface area contributed by atoms with E-state index in [0.29, 0.717) is 5.92 Å². The van der Waals surface area contributed by atoms with Gasteiger partial charge in [-0.15, -0.1) is 0 Å². The number of esters is 1. The molecule has 1 aliphatic carbocycles. The maximum atomic E-state index is 11.7. The summed E-state index contributed by atoms with van der Waals surface area (Å²) < 4.78 is 4.82. The zero-order valence-corrected chi connectivity index (χ0v) is 8.93. The molecule has 0 bridgehead atoms. The first kappa shape index (κ1) is 9.72. The molecule has 1 saturated carbocycles. The smallest absolute Gasteiger partial charge is 0.323 e. The van der Waals surface area contributed by atoms with Crippen molar-refractivity contribution in [1.82, 2.24) is 15.3 Å². The van der Waals surface area contributed by atoms with Crippen LogP contribution in [-0.2, 0) is 14.9 Å². The fourth-order valence-electron chi connectivity index (χ4n) is 2.79.